The van der Waals surface area contributed by atoms with E-state index in [1.54, 1.807) is 0 Å². The third kappa shape index (κ3) is 3.50. The fourth-order valence-corrected chi connectivity index (χ4v) is 2.50. The van der Waals surface area contributed by atoms with Gasteiger partial charge in [-0.3, -0.25) is 0 Å². The highest BCUT2D eigenvalue weighted by Crippen LogP contribution is 2.24. The average molecular weight is 282 g/mol. The molecule has 0 bridgehead atoms. The van der Waals surface area contributed by atoms with Crippen LogP contribution < -0.4 is 5.32 Å². The van der Waals surface area contributed by atoms with E-state index in [0.29, 0.717) is 6.54 Å². The Morgan fingerprint density at radius 1 is 1.26 bits per heavy atom. The van der Waals surface area contributed by atoms with Crippen molar-refractivity contribution < 1.29 is 8.78 Å². The smallest absolute Gasteiger partial charge is 0.149 e. The highest BCUT2D eigenvalue weighted by Gasteiger charge is 2.17. The molecule has 19 heavy (non-hydrogen) atoms. The van der Waals surface area contributed by atoms with E-state index in [9.17, 15) is 8.78 Å². The van der Waals surface area contributed by atoms with Crippen LogP contribution >= 0.6 is 11.3 Å². The summed E-state index contributed by atoms with van der Waals surface area (Å²) in [4.78, 5) is 4.50. The minimum atomic E-state index is -0.590. The van der Waals surface area contributed by atoms with Crippen molar-refractivity contribution in [2.45, 2.75) is 32.7 Å². The molecule has 0 aliphatic carbocycles. The molecule has 0 aliphatic rings. The van der Waals surface area contributed by atoms with Crippen molar-refractivity contribution in [3.05, 3.63) is 45.9 Å². The number of anilines is 1. The molecule has 0 fully saturated rings. The Balaban J connectivity index is 2.04. The minimum Gasteiger partial charge on any atom is -0.376 e. The van der Waals surface area contributed by atoms with Gasteiger partial charge in [0.2, 0.25) is 0 Å². The summed E-state index contributed by atoms with van der Waals surface area (Å²) in [6, 6.07) is 3.49. The van der Waals surface area contributed by atoms with Gasteiger partial charge in [-0.1, -0.05) is 20.8 Å². The van der Waals surface area contributed by atoms with Crippen LogP contribution in [-0.2, 0) is 12.0 Å². The lowest BCUT2D eigenvalue weighted by molar-refractivity contribution is 0.571. The molecule has 0 spiro atoms. The van der Waals surface area contributed by atoms with Gasteiger partial charge in [0.1, 0.15) is 16.6 Å². The molecule has 2 rings (SSSR count). The molecular formula is C14H16F2N2S. The standard InChI is InChI=1S/C14H16F2N2S/c1-14(2,3)12-8-19-13(18-12)7-17-11-5-4-9(15)6-10(11)16/h4-6,8,17H,7H2,1-3H3. The number of benzene rings is 1. The quantitative estimate of drug-likeness (QED) is 0.906. The zero-order chi connectivity index (χ0) is 14.0. The van der Waals surface area contributed by atoms with Crippen molar-refractivity contribution in [1.82, 2.24) is 4.98 Å². The minimum absolute atomic E-state index is 0.00980. The number of rotatable bonds is 3. The molecule has 1 heterocycles. The van der Waals surface area contributed by atoms with Gasteiger partial charge in [0.05, 0.1) is 17.9 Å². The first-order valence-electron chi connectivity index (χ1n) is 6.00. The van der Waals surface area contributed by atoms with Crippen LogP contribution in [0, 0.1) is 11.6 Å². The van der Waals surface area contributed by atoms with Crippen molar-refractivity contribution >= 4 is 17.0 Å². The van der Waals surface area contributed by atoms with E-state index in [-0.39, 0.29) is 11.1 Å². The van der Waals surface area contributed by atoms with E-state index in [1.807, 2.05) is 5.38 Å². The third-order valence-electron chi connectivity index (χ3n) is 2.68. The Morgan fingerprint density at radius 3 is 2.58 bits per heavy atom. The van der Waals surface area contributed by atoms with Crippen molar-refractivity contribution in [3.8, 4) is 0 Å². The SMILES string of the molecule is CC(C)(C)c1csc(CNc2ccc(F)cc2F)n1. The lowest BCUT2D eigenvalue weighted by Crippen LogP contribution is -2.12. The second-order valence-electron chi connectivity index (χ2n) is 5.35. The van der Waals surface area contributed by atoms with Gasteiger partial charge in [-0.25, -0.2) is 13.8 Å². The number of halogens is 2. The van der Waals surface area contributed by atoms with E-state index < -0.39 is 11.6 Å². The Bertz CT molecular complexity index is 573. The molecule has 2 aromatic rings. The number of nitrogens with zero attached hydrogens (tertiary/aromatic N) is 1. The number of thiazole rings is 1. The van der Waals surface area contributed by atoms with Gasteiger partial charge in [0.25, 0.3) is 0 Å². The van der Waals surface area contributed by atoms with Gasteiger partial charge in [-0.15, -0.1) is 11.3 Å². The fraction of sp³-hybridized carbons (Fsp3) is 0.357. The fourth-order valence-electron chi connectivity index (χ4n) is 1.54. The number of nitrogens with one attached hydrogen (secondary N) is 1. The van der Waals surface area contributed by atoms with Gasteiger partial charge in [-0.05, 0) is 12.1 Å². The number of hydrogen-bond acceptors (Lipinski definition) is 3. The first-order chi connectivity index (χ1) is 8.86. The highest BCUT2D eigenvalue weighted by molar-refractivity contribution is 7.09. The first kappa shape index (κ1) is 13.9. The Kier molecular flexibility index (Phi) is 3.85. The van der Waals surface area contributed by atoms with Crippen LogP contribution in [0.15, 0.2) is 23.6 Å². The molecule has 0 saturated carbocycles. The second-order valence-corrected chi connectivity index (χ2v) is 6.30. The molecule has 102 valence electrons. The zero-order valence-electron chi connectivity index (χ0n) is 11.1. The molecule has 0 radical (unpaired) electrons. The van der Waals surface area contributed by atoms with E-state index >= 15 is 0 Å². The monoisotopic (exact) mass is 282 g/mol. The summed E-state index contributed by atoms with van der Waals surface area (Å²) in [6.07, 6.45) is 0. The normalized spacial score (nSPS) is 11.6. The number of hydrogen-bond donors (Lipinski definition) is 1. The van der Waals surface area contributed by atoms with Crippen LogP contribution in [0.3, 0.4) is 0 Å². The maximum atomic E-state index is 13.4. The second kappa shape index (κ2) is 5.25. The van der Waals surface area contributed by atoms with Gasteiger partial charge < -0.3 is 5.32 Å². The van der Waals surface area contributed by atoms with Crippen molar-refractivity contribution in [2.24, 2.45) is 0 Å². The molecular weight excluding hydrogens is 266 g/mol. The number of aromatic nitrogens is 1. The Morgan fingerprint density at radius 2 is 2.00 bits per heavy atom. The van der Waals surface area contributed by atoms with Gasteiger partial charge in [0, 0.05) is 16.9 Å². The lowest BCUT2D eigenvalue weighted by atomic mass is 9.93. The van der Waals surface area contributed by atoms with Gasteiger partial charge in [-0.2, -0.15) is 0 Å². The summed E-state index contributed by atoms with van der Waals surface area (Å²) in [6.45, 7) is 6.72. The summed E-state index contributed by atoms with van der Waals surface area (Å²) in [7, 11) is 0. The maximum absolute atomic E-state index is 13.4. The molecule has 0 saturated heterocycles. The van der Waals surface area contributed by atoms with Crippen LogP contribution in [0.5, 0.6) is 0 Å². The predicted molar refractivity (Wildman–Crippen MR) is 74.5 cm³/mol. The summed E-state index contributed by atoms with van der Waals surface area (Å²) in [5, 5.41) is 5.82. The molecule has 5 heteroatoms. The van der Waals surface area contributed by atoms with Crippen molar-refractivity contribution in [3.63, 3.8) is 0 Å². The molecule has 1 N–H and O–H groups in total. The molecule has 0 amide bonds. The first-order valence-corrected chi connectivity index (χ1v) is 6.88. The van der Waals surface area contributed by atoms with E-state index in [4.69, 9.17) is 0 Å². The van der Waals surface area contributed by atoms with Crippen LogP contribution in [0.2, 0.25) is 0 Å². The van der Waals surface area contributed by atoms with E-state index in [1.165, 1.54) is 23.5 Å². The Hall–Kier alpha value is -1.49. The summed E-state index contributed by atoms with van der Waals surface area (Å²) in [5.41, 5.74) is 1.32. The van der Waals surface area contributed by atoms with E-state index in [0.717, 1.165) is 16.8 Å². The summed E-state index contributed by atoms with van der Waals surface area (Å²) in [5.74, 6) is -1.17. The molecule has 0 atom stereocenters. The van der Waals surface area contributed by atoms with E-state index in [2.05, 4.69) is 31.1 Å². The summed E-state index contributed by atoms with van der Waals surface area (Å²) >= 11 is 1.53. The van der Waals surface area contributed by atoms with Crippen LogP contribution in [0.1, 0.15) is 31.5 Å². The van der Waals surface area contributed by atoms with Gasteiger partial charge >= 0.3 is 0 Å². The molecule has 0 unspecified atom stereocenters. The van der Waals surface area contributed by atoms with Crippen LogP contribution in [0.4, 0.5) is 14.5 Å². The van der Waals surface area contributed by atoms with Gasteiger partial charge in [0.15, 0.2) is 0 Å². The lowest BCUT2D eigenvalue weighted by Gasteiger charge is -2.14. The summed E-state index contributed by atoms with van der Waals surface area (Å²) < 4.78 is 26.2. The zero-order valence-corrected chi connectivity index (χ0v) is 11.9. The highest BCUT2D eigenvalue weighted by atomic mass is 32.1. The van der Waals surface area contributed by atoms with Crippen LogP contribution in [-0.4, -0.2) is 4.98 Å². The average Bonchev–Trinajstić information content (AvgIpc) is 2.76. The predicted octanol–water partition coefficient (Wildman–Crippen LogP) is 4.33. The Labute approximate surface area is 115 Å². The van der Waals surface area contributed by atoms with Crippen LogP contribution in [0.25, 0.3) is 0 Å². The molecule has 1 aromatic carbocycles. The molecule has 2 nitrogen and oxygen atoms in total. The third-order valence-corrected chi connectivity index (χ3v) is 3.53. The molecule has 0 aliphatic heterocycles. The van der Waals surface area contributed by atoms with Crippen molar-refractivity contribution in [2.75, 3.05) is 5.32 Å². The van der Waals surface area contributed by atoms with Crippen molar-refractivity contribution in [1.29, 1.82) is 0 Å². The topological polar surface area (TPSA) is 24.9 Å². The largest absolute Gasteiger partial charge is 0.376 e. The molecule has 1 aromatic heterocycles. The maximum Gasteiger partial charge on any atom is 0.149 e.